The van der Waals surface area contributed by atoms with Gasteiger partial charge in [0.2, 0.25) is 0 Å². The quantitative estimate of drug-likeness (QED) is 0.783. The molecule has 2 aromatic heterocycles. The summed E-state index contributed by atoms with van der Waals surface area (Å²) in [5.41, 5.74) is 1.36. The zero-order chi connectivity index (χ0) is 14.7. The van der Waals surface area contributed by atoms with Gasteiger partial charge in [-0.1, -0.05) is 13.8 Å². The van der Waals surface area contributed by atoms with Crippen molar-refractivity contribution in [3.63, 3.8) is 0 Å². The fraction of sp³-hybridized carbons (Fsp3) is 0.500. The topological polar surface area (TPSA) is 61.9 Å². The molecule has 108 valence electrons. The molecule has 0 radical (unpaired) electrons. The lowest BCUT2D eigenvalue weighted by atomic mass is 10.1. The highest BCUT2D eigenvalue weighted by Crippen LogP contribution is 2.15. The van der Waals surface area contributed by atoms with Crippen LogP contribution in [0.15, 0.2) is 24.5 Å². The predicted octanol–water partition coefficient (Wildman–Crippen LogP) is 1.99. The second kappa shape index (κ2) is 5.90. The van der Waals surface area contributed by atoms with Crippen molar-refractivity contribution in [2.45, 2.75) is 39.3 Å². The largest absolute Gasteiger partial charge is 0.456 e. The van der Waals surface area contributed by atoms with E-state index >= 15 is 0 Å². The highest BCUT2D eigenvalue weighted by molar-refractivity contribution is 5.87. The van der Waals surface area contributed by atoms with Gasteiger partial charge in [0, 0.05) is 19.4 Å². The molecule has 0 saturated carbocycles. The Bertz CT molecular complexity index is 572. The van der Waals surface area contributed by atoms with Crippen molar-refractivity contribution in [3.8, 4) is 0 Å². The van der Waals surface area contributed by atoms with Crippen molar-refractivity contribution in [1.29, 1.82) is 0 Å². The first-order chi connectivity index (χ1) is 9.47. The van der Waals surface area contributed by atoms with Crippen LogP contribution in [-0.4, -0.2) is 31.6 Å². The number of ether oxygens (including phenoxy) is 1. The smallest absolute Gasteiger partial charge is 0.356 e. The molecule has 6 heteroatoms. The van der Waals surface area contributed by atoms with Crippen LogP contribution in [0.5, 0.6) is 0 Å². The lowest BCUT2D eigenvalue weighted by molar-refractivity contribution is 0.0286. The third kappa shape index (κ3) is 3.26. The molecule has 2 aromatic rings. The predicted molar refractivity (Wildman–Crippen MR) is 74.4 cm³/mol. The van der Waals surface area contributed by atoms with E-state index in [-0.39, 0.29) is 18.0 Å². The second-order valence-corrected chi connectivity index (χ2v) is 5.18. The van der Waals surface area contributed by atoms with Gasteiger partial charge in [-0.15, -0.1) is 0 Å². The minimum Gasteiger partial charge on any atom is -0.456 e. The van der Waals surface area contributed by atoms with Crippen LogP contribution in [0.2, 0.25) is 0 Å². The van der Waals surface area contributed by atoms with E-state index < -0.39 is 0 Å². The molecule has 2 rings (SSSR count). The van der Waals surface area contributed by atoms with Gasteiger partial charge in [0.05, 0.1) is 12.2 Å². The Balaban J connectivity index is 2.00. The Morgan fingerprint density at radius 1 is 1.40 bits per heavy atom. The number of hydrogen-bond acceptors (Lipinski definition) is 4. The Hall–Kier alpha value is -2.11. The van der Waals surface area contributed by atoms with E-state index in [2.05, 4.69) is 10.2 Å². The Kier molecular flexibility index (Phi) is 4.22. The van der Waals surface area contributed by atoms with Gasteiger partial charge in [0.1, 0.15) is 11.8 Å². The summed E-state index contributed by atoms with van der Waals surface area (Å²) in [6.07, 6.45) is 3.29. The van der Waals surface area contributed by atoms with Gasteiger partial charge in [0.25, 0.3) is 0 Å². The summed E-state index contributed by atoms with van der Waals surface area (Å²) in [4.78, 5) is 12.1. The number of hydrogen-bond donors (Lipinski definition) is 0. The molecular formula is C14H20N4O2. The van der Waals surface area contributed by atoms with Gasteiger partial charge in [-0.25, -0.2) is 4.79 Å². The standard InChI is InChI=1S/C14H20N4O2/c1-10(2)12-8-13(17(4)16-12)14(19)20-11(3)9-18-7-5-6-15-18/h5-8,10-11H,9H2,1-4H3/t11-/m0/s1. The van der Waals surface area contributed by atoms with Crippen LogP contribution in [0, 0.1) is 0 Å². The van der Waals surface area contributed by atoms with Crippen molar-refractivity contribution in [2.24, 2.45) is 7.05 Å². The van der Waals surface area contributed by atoms with E-state index in [0.29, 0.717) is 12.2 Å². The van der Waals surface area contributed by atoms with Gasteiger partial charge < -0.3 is 4.74 Å². The van der Waals surface area contributed by atoms with Crippen LogP contribution in [0.3, 0.4) is 0 Å². The average molecular weight is 276 g/mol. The molecule has 0 bridgehead atoms. The van der Waals surface area contributed by atoms with E-state index in [0.717, 1.165) is 5.69 Å². The van der Waals surface area contributed by atoms with E-state index in [4.69, 9.17) is 4.74 Å². The summed E-state index contributed by atoms with van der Waals surface area (Å²) in [6.45, 7) is 6.46. The summed E-state index contributed by atoms with van der Waals surface area (Å²) >= 11 is 0. The van der Waals surface area contributed by atoms with Crippen molar-refractivity contribution < 1.29 is 9.53 Å². The normalized spacial score (nSPS) is 12.7. The molecule has 1 atom stereocenters. The first-order valence-corrected chi connectivity index (χ1v) is 6.69. The Morgan fingerprint density at radius 2 is 2.15 bits per heavy atom. The second-order valence-electron chi connectivity index (χ2n) is 5.18. The SMILES string of the molecule is CC(C)c1cc(C(=O)O[C@@H](C)Cn2cccn2)n(C)n1. The molecule has 0 aliphatic rings. The fourth-order valence-electron chi connectivity index (χ4n) is 1.91. The lowest BCUT2D eigenvalue weighted by Crippen LogP contribution is -2.22. The molecule has 0 unspecified atom stereocenters. The number of carbonyl (C=O) groups is 1. The minimum absolute atomic E-state index is 0.250. The van der Waals surface area contributed by atoms with E-state index in [1.54, 1.807) is 28.7 Å². The molecule has 0 spiro atoms. The molecule has 6 nitrogen and oxygen atoms in total. The number of rotatable bonds is 5. The molecule has 0 N–H and O–H groups in total. The number of carbonyl (C=O) groups excluding carboxylic acids is 1. The maximum Gasteiger partial charge on any atom is 0.356 e. The van der Waals surface area contributed by atoms with Crippen LogP contribution in [-0.2, 0) is 18.3 Å². The van der Waals surface area contributed by atoms with Crippen LogP contribution >= 0.6 is 0 Å². The maximum atomic E-state index is 12.1. The van der Waals surface area contributed by atoms with Crippen LogP contribution in [0.4, 0.5) is 0 Å². The maximum absolute atomic E-state index is 12.1. The highest BCUT2D eigenvalue weighted by atomic mass is 16.5. The van der Waals surface area contributed by atoms with Crippen molar-refractivity contribution in [2.75, 3.05) is 0 Å². The van der Waals surface area contributed by atoms with Crippen molar-refractivity contribution >= 4 is 5.97 Å². The van der Waals surface area contributed by atoms with E-state index in [1.165, 1.54) is 0 Å². The molecule has 0 fully saturated rings. The van der Waals surface area contributed by atoms with E-state index in [1.807, 2.05) is 33.0 Å². The van der Waals surface area contributed by atoms with Crippen LogP contribution in [0.1, 0.15) is 42.9 Å². The summed E-state index contributed by atoms with van der Waals surface area (Å²) < 4.78 is 8.73. The molecule has 0 saturated heterocycles. The first-order valence-electron chi connectivity index (χ1n) is 6.69. The molecule has 20 heavy (non-hydrogen) atoms. The molecule has 0 aromatic carbocycles. The Morgan fingerprint density at radius 3 is 2.70 bits per heavy atom. The van der Waals surface area contributed by atoms with Gasteiger partial charge in [-0.2, -0.15) is 10.2 Å². The number of aromatic nitrogens is 4. The molecule has 2 heterocycles. The van der Waals surface area contributed by atoms with Crippen LogP contribution in [0.25, 0.3) is 0 Å². The molecule has 0 aliphatic carbocycles. The van der Waals surface area contributed by atoms with Crippen molar-refractivity contribution in [1.82, 2.24) is 19.6 Å². The van der Waals surface area contributed by atoms with Gasteiger partial charge in [0.15, 0.2) is 0 Å². The number of esters is 1. The molecule has 0 aliphatic heterocycles. The monoisotopic (exact) mass is 276 g/mol. The average Bonchev–Trinajstić information content (AvgIpc) is 2.98. The highest BCUT2D eigenvalue weighted by Gasteiger charge is 2.18. The van der Waals surface area contributed by atoms with Gasteiger partial charge >= 0.3 is 5.97 Å². The number of nitrogens with zero attached hydrogens (tertiary/aromatic N) is 4. The van der Waals surface area contributed by atoms with Gasteiger partial charge in [-0.3, -0.25) is 9.36 Å². The zero-order valence-corrected chi connectivity index (χ0v) is 12.3. The summed E-state index contributed by atoms with van der Waals surface area (Å²) in [7, 11) is 1.75. The summed E-state index contributed by atoms with van der Waals surface area (Å²) in [5.74, 6) is -0.0733. The van der Waals surface area contributed by atoms with Gasteiger partial charge in [-0.05, 0) is 25.0 Å². The molecule has 0 amide bonds. The summed E-state index contributed by atoms with van der Waals surface area (Å²) in [6, 6.07) is 3.62. The fourth-order valence-corrected chi connectivity index (χ4v) is 1.91. The third-order valence-electron chi connectivity index (χ3n) is 3.01. The Labute approximate surface area is 118 Å². The lowest BCUT2D eigenvalue weighted by Gasteiger charge is -2.13. The third-order valence-corrected chi connectivity index (χ3v) is 3.01. The molecular weight excluding hydrogens is 256 g/mol. The zero-order valence-electron chi connectivity index (χ0n) is 12.3. The van der Waals surface area contributed by atoms with E-state index in [9.17, 15) is 4.79 Å². The minimum atomic E-state index is -0.355. The number of aryl methyl sites for hydroxylation is 1. The summed E-state index contributed by atoms with van der Waals surface area (Å²) in [5, 5.41) is 8.40. The van der Waals surface area contributed by atoms with Crippen LogP contribution < -0.4 is 0 Å². The first kappa shape index (κ1) is 14.3. The van der Waals surface area contributed by atoms with Crippen molar-refractivity contribution in [3.05, 3.63) is 35.9 Å².